The summed E-state index contributed by atoms with van der Waals surface area (Å²) in [5.41, 5.74) is 4.39. The molecule has 0 saturated carbocycles. The largest absolute Gasteiger partial charge is 0.479 e. The molecule has 11 nitrogen and oxygen atoms in total. The smallest absolute Gasteiger partial charge is 0.335 e. The number of hydrogen-bond donors (Lipinski definition) is 6. The zero-order chi connectivity index (χ0) is 25.9. The first kappa shape index (κ1) is 26.7. The summed E-state index contributed by atoms with van der Waals surface area (Å²) in [5, 5.41) is 39.4. The van der Waals surface area contributed by atoms with Crippen molar-refractivity contribution in [2.75, 3.05) is 38.5 Å². The Hall–Kier alpha value is -2.89. The van der Waals surface area contributed by atoms with E-state index in [-0.39, 0.29) is 12.1 Å². The highest BCUT2D eigenvalue weighted by molar-refractivity contribution is 5.83. The minimum Gasteiger partial charge on any atom is -0.479 e. The lowest BCUT2D eigenvalue weighted by Gasteiger charge is -2.47. The second-order valence-electron chi connectivity index (χ2n) is 9.36. The molecule has 4 unspecified atom stereocenters. The van der Waals surface area contributed by atoms with Crippen LogP contribution in [0.3, 0.4) is 0 Å². The Kier molecular flexibility index (Phi) is 8.57. The predicted molar refractivity (Wildman–Crippen MR) is 129 cm³/mol. The van der Waals surface area contributed by atoms with Crippen LogP contribution in [0.25, 0.3) is 0 Å². The summed E-state index contributed by atoms with van der Waals surface area (Å²) < 4.78 is 0. The molecule has 194 valence electrons. The van der Waals surface area contributed by atoms with Crippen molar-refractivity contribution in [3.05, 3.63) is 29.3 Å². The van der Waals surface area contributed by atoms with Gasteiger partial charge in [-0.3, -0.25) is 0 Å². The molecular formula is C24H36N4O7. The van der Waals surface area contributed by atoms with Crippen LogP contribution in [0.4, 0.5) is 10.5 Å². The Morgan fingerprint density at radius 2 is 1.74 bits per heavy atom. The van der Waals surface area contributed by atoms with Gasteiger partial charge in [0.15, 0.2) is 12.2 Å². The van der Waals surface area contributed by atoms with Crippen molar-refractivity contribution in [2.24, 2.45) is 0 Å². The number of nitrogens with one attached hydrogen (secondary N) is 2. The van der Waals surface area contributed by atoms with Gasteiger partial charge in [-0.25, -0.2) is 14.4 Å². The van der Waals surface area contributed by atoms with Crippen molar-refractivity contribution in [3.63, 3.8) is 0 Å². The molecule has 6 atom stereocenters. The average molecular weight is 493 g/mol. The number of amides is 2. The minimum atomic E-state index is -2.27. The van der Waals surface area contributed by atoms with Gasteiger partial charge in [0.2, 0.25) is 0 Å². The Bertz CT molecular complexity index is 920. The lowest BCUT2D eigenvalue weighted by atomic mass is 9.70. The van der Waals surface area contributed by atoms with Gasteiger partial charge >= 0.3 is 18.0 Å². The number of nitrogens with zero attached hydrogens (tertiary/aromatic N) is 2. The van der Waals surface area contributed by atoms with Gasteiger partial charge < -0.3 is 40.9 Å². The fourth-order valence-corrected chi connectivity index (χ4v) is 5.50. The second kappa shape index (κ2) is 11.2. The summed E-state index contributed by atoms with van der Waals surface area (Å²) in [6, 6.07) is 7.61. The van der Waals surface area contributed by atoms with Gasteiger partial charge in [0.05, 0.1) is 0 Å². The molecule has 11 heteroatoms. The first-order valence-electron chi connectivity index (χ1n) is 12.0. The number of fused-ring (bicyclic) bond motifs is 2. The summed E-state index contributed by atoms with van der Waals surface area (Å²) in [7, 11) is 2.23. The molecule has 1 aliphatic carbocycles. The molecule has 1 aromatic rings. The zero-order valence-electron chi connectivity index (χ0n) is 20.3. The predicted octanol–water partition coefficient (Wildman–Crippen LogP) is 0.685. The number of piperidine rings is 1. The Morgan fingerprint density at radius 1 is 1.11 bits per heavy atom. The van der Waals surface area contributed by atoms with Crippen LogP contribution in [-0.4, -0.2) is 106 Å². The van der Waals surface area contributed by atoms with E-state index in [1.807, 2.05) is 18.7 Å². The summed E-state index contributed by atoms with van der Waals surface area (Å²) in [5.74, 6) is -2.37. The average Bonchev–Trinajstić information content (AvgIpc) is 3.24. The van der Waals surface area contributed by atoms with E-state index < -0.39 is 24.1 Å². The normalized spacial score (nSPS) is 26.1. The van der Waals surface area contributed by atoms with E-state index in [0.29, 0.717) is 17.9 Å². The second-order valence-corrected chi connectivity index (χ2v) is 9.36. The number of likely N-dealkylation sites (N-methyl/N-ethyl adjacent to an activating group) is 1. The number of aliphatic hydroxyl groups is 2. The lowest BCUT2D eigenvalue weighted by molar-refractivity contribution is -0.165. The first-order valence-corrected chi connectivity index (χ1v) is 12.0. The Balaban J connectivity index is 0.000000292. The Labute approximate surface area is 204 Å². The van der Waals surface area contributed by atoms with Gasteiger partial charge in [-0.1, -0.05) is 12.1 Å². The quantitative estimate of drug-likeness (QED) is 0.335. The van der Waals surface area contributed by atoms with Gasteiger partial charge in [-0.2, -0.15) is 0 Å². The molecule has 6 N–H and O–H groups in total. The molecule has 1 aromatic carbocycles. The highest BCUT2D eigenvalue weighted by Gasteiger charge is 2.44. The van der Waals surface area contributed by atoms with Crippen LogP contribution in [0, 0.1) is 0 Å². The zero-order valence-corrected chi connectivity index (χ0v) is 20.3. The standard InChI is InChI=1S/C20H30N4O.C4H6O6/c1-4-24(5-2)20(25)22-14-10-16-15-7-6-8-17-19(15)13(11-21-17)9-18(16)23(3)12-14;5-1(3(7)8)2(6)4(9)10/h6-8,13-14,16,18,21H,4-5,9-12H2,1-3H3,(H,22,25);1-2,5-6H,(H,7,8)(H,9,10)/t13?,14-,16?,18+;/m0./s1. The molecule has 1 fully saturated rings. The molecule has 0 aromatic heterocycles. The third kappa shape index (κ3) is 5.68. The maximum atomic E-state index is 12.5. The van der Waals surface area contributed by atoms with E-state index >= 15 is 0 Å². The van der Waals surface area contributed by atoms with Crippen LogP contribution >= 0.6 is 0 Å². The number of aliphatic hydroxyl groups excluding tert-OH is 2. The van der Waals surface area contributed by atoms with E-state index in [2.05, 4.69) is 40.8 Å². The van der Waals surface area contributed by atoms with E-state index in [1.165, 1.54) is 17.7 Å². The third-order valence-corrected chi connectivity index (χ3v) is 7.27. The number of carbonyl (C=O) groups is 3. The highest BCUT2D eigenvalue weighted by Crippen LogP contribution is 2.49. The van der Waals surface area contributed by atoms with Crippen LogP contribution in [0.1, 0.15) is 49.7 Å². The van der Waals surface area contributed by atoms with Crippen LogP contribution in [0.15, 0.2) is 18.2 Å². The van der Waals surface area contributed by atoms with Crippen molar-refractivity contribution in [2.45, 2.75) is 62.8 Å². The van der Waals surface area contributed by atoms with Crippen molar-refractivity contribution >= 4 is 23.7 Å². The van der Waals surface area contributed by atoms with Gasteiger partial charge in [0.1, 0.15) is 0 Å². The lowest BCUT2D eigenvalue weighted by Crippen LogP contribution is -2.56. The van der Waals surface area contributed by atoms with Gasteiger partial charge in [-0.15, -0.1) is 0 Å². The van der Waals surface area contributed by atoms with Crippen LogP contribution in [-0.2, 0) is 9.59 Å². The number of hydrogen-bond acceptors (Lipinski definition) is 7. The van der Waals surface area contributed by atoms with Crippen LogP contribution in [0.2, 0.25) is 0 Å². The molecule has 35 heavy (non-hydrogen) atoms. The number of anilines is 1. The number of aliphatic carboxylic acids is 2. The maximum absolute atomic E-state index is 12.5. The van der Waals surface area contributed by atoms with Gasteiger partial charge in [0.25, 0.3) is 0 Å². The summed E-state index contributed by atoms with van der Waals surface area (Å²) in [6.45, 7) is 7.61. The van der Waals surface area contributed by atoms with Crippen molar-refractivity contribution in [1.29, 1.82) is 0 Å². The molecule has 0 radical (unpaired) electrons. The fourth-order valence-electron chi connectivity index (χ4n) is 5.50. The van der Waals surface area contributed by atoms with Gasteiger partial charge in [-0.05, 0) is 50.9 Å². The van der Waals surface area contributed by atoms with Crippen molar-refractivity contribution in [1.82, 2.24) is 15.1 Å². The highest BCUT2D eigenvalue weighted by atomic mass is 16.4. The molecule has 4 rings (SSSR count). The monoisotopic (exact) mass is 492 g/mol. The SMILES string of the molecule is CCN(CC)C(=O)N[C@H]1CC2c3cccc4c3C(CN4)C[C@H]2N(C)C1.O=C(O)C(O)C(O)C(=O)O. The molecular weight excluding hydrogens is 456 g/mol. The molecule has 2 amide bonds. The molecule has 2 aliphatic heterocycles. The fraction of sp³-hybridized carbons (Fsp3) is 0.625. The molecule has 0 spiro atoms. The number of carbonyl (C=O) groups excluding carboxylic acids is 1. The molecule has 1 saturated heterocycles. The van der Waals surface area contributed by atoms with Crippen LogP contribution in [0.5, 0.6) is 0 Å². The van der Waals surface area contributed by atoms with E-state index in [0.717, 1.165) is 32.6 Å². The van der Waals surface area contributed by atoms with Crippen molar-refractivity contribution in [3.8, 4) is 0 Å². The van der Waals surface area contributed by atoms with Crippen LogP contribution < -0.4 is 10.6 Å². The number of rotatable bonds is 6. The number of carboxylic acid groups (broad SMARTS) is 2. The minimum absolute atomic E-state index is 0.0792. The van der Waals surface area contributed by atoms with E-state index in [4.69, 9.17) is 20.4 Å². The van der Waals surface area contributed by atoms with Crippen molar-refractivity contribution < 1.29 is 34.8 Å². The number of likely N-dealkylation sites (tertiary alicyclic amines) is 1. The molecule has 2 heterocycles. The third-order valence-electron chi connectivity index (χ3n) is 7.27. The topological polar surface area (TPSA) is 163 Å². The summed E-state index contributed by atoms with van der Waals surface area (Å²) in [4.78, 5) is 36.4. The Morgan fingerprint density at radius 3 is 2.31 bits per heavy atom. The number of benzene rings is 1. The first-order chi connectivity index (χ1) is 16.6. The molecule has 0 bridgehead atoms. The van der Waals surface area contributed by atoms with E-state index in [9.17, 15) is 14.4 Å². The maximum Gasteiger partial charge on any atom is 0.335 e. The molecule has 3 aliphatic rings. The van der Waals surface area contributed by atoms with E-state index in [1.54, 1.807) is 5.56 Å². The van der Waals surface area contributed by atoms with Gasteiger partial charge in [0, 0.05) is 55.8 Å². The number of urea groups is 1. The summed E-state index contributed by atoms with van der Waals surface area (Å²) in [6.07, 6.45) is -2.25. The summed E-state index contributed by atoms with van der Waals surface area (Å²) >= 11 is 0. The number of carboxylic acids is 2.